The summed E-state index contributed by atoms with van der Waals surface area (Å²) in [5.41, 5.74) is 0.448. The van der Waals surface area contributed by atoms with Crippen molar-refractivity contribution in [1.82, 2.24) is 0 Å². The lowest BCUT2D eigenvalue weighted by Crippen LogP contribution is -2.28. The molecule has 0 bridgehead atoms. The van der Waals surface area contributed by atoms with E-state index in [-0.39, 0.29) is 17.4 Å². The topological polar surface area (TPSA) is 66.4 Å². The average molecular weight is 298 g/mol. The first-order valence-electron chi connectivity index (χ1n) is 5.42. The SMILES string of the molecule is O=C(O)c1cccc(Br)c1NC(=O)C1CCC1. The fourth-order valence-electron chi connectivity index (χ4n) is 1.73. The maximum atomic E-state index is 11.8. The number of para-hydroxylation sites is 1. The largest absolute Gasteiger partial charge is 0.478 e. The van der Waals surface area contributed by atoms with E-state index in [1.54, 1.807) is 12.1 Å². The van der Waals surface area contributed by atoms with E-state index in [4.69, 9.17) is 5.11 Å². The highest BCUT2D eigenvalue weighted by atomic mass is 79.9. The highest BCUT2D eigenvalue weighted by molar-refractivity contribution is 9.10. The molecule has 5 heteroatoms. The summed E-state index contributed by atoms with van der Waals surface area (Å²) < 4.78 is 0.588. The summed E-state index contributed by atoms with van der Waals surface area (Å²) >= 11 is 3.25. The molecule has 17 heavy (non-hydrogen) atoms. The molecule has 0 aliphatic heterocycles. The van der Waals surface area contributed by atoms with Crippen LogP contribution in [-0.2, 0) is 4.79 Å². The quantitative estimate of drug-likeness (QED) is 0.901. The van der Waals surface area contributed by atoms with Crippen molar-refractivity contribution in [2.75, 3.05) is 5.32 Å². The fraction of sp³-hybridized carbons (Fsp3) is 0.333. The summed E-state index contributed by atoms with van der Waals surface area (Å²) in [6, 6.07) is 4.82. The van der Waals surface area contributed by atoms with Crippen LogP contribution in [0, 0.1) is 5.92 Å². The Balaban J connectivity index is 2.24. The lowest BCUT2D eigenvalue weighted by molar-refractivity contribution is -0.122. The average Bonchev–Trinajstić information content (AvgIpc) is 2.17. The van der Waals surface area contributed by atoms with Crippen molar-refractivity contribution in [1.29, 1.82) is 0 Å². The lowest BCUT2D eigenvalue weighted by Gasteiger charge is -2.24. The summed E-state index contributed by atoms with van der Waals surface area (Å²) in [4.78, 5) is 22.8. The molecular weight excluding hydrogens is 286 g/mol. The molecule has 1 aliphatic carbocycles. The predicted octanol–water partition coefficient (Wildman–Crippen LogP) is 2.89. The van der Waals surface area contributed by atoms with Crippen molar-refractivity contribution in [2.45, 2.75) is 19.3 Å². The van der Waals surface area contributed by atoms with Crippen LogP contribution in [0.25, 0.3) is 0 Å². The highest BCUT2D eigenvalue weighted by Crippen LogP contribution is 2.31. The summed E-state index contributed by atoms with van der Waals surface area (Å²) in [6.07, 6.45) is 2.84. The van der Waals surface area contributed by atoms with E-state index in [0.717, 1.165) is 19.3 Å². The van der Waals surface area contributed by atoms with E-state index in [1.165, 1.54) is 6.07 Å². The molecule has 1 aliphatic rings. The molecule has 0 radical (unpaired) electrons. The number of carbonyl (C=O) groups is 2. The molecule has 1 saturated carbocycles. The molecule has 0 heterocycles. The monoisotopic (exact) mass is 297 g/mol. The van der Waals surface area contributed by atoms with Gasteiger partial charge in [0.05, 0.1) is 11.3 Å². The van der Waals surface area contributed by atoms with Crippen LogP contribution in [0.5, 0.6) is 0 Å². The second kappa shape index (κ2) is 4.87. The fourth-order valence-corrected chi connectivity index (χ4v) is 2.19. The Hall–Kier alpha value is -1.36. The van der Waals surface area contributed by atoms with Crippen LogP contribution in [0.4, 0.5) is 5.69 Å². The first kappa shape index (κ1) is 12.1. The third-order valence-electron chi connectivity index (χ3n) is 2.97. The maximum absolute atomic E-state index is 11.8. The zero-order chi connectivity index (χ0) is 12.4. The van der Waals surface area contributed by atoms with Gasteiger partial charge in [0.2, 0.25) is 5.91 Å². The van der Waals surface area contributed by atoms with Crippen molar-refractivity contribution < 1.29 is 14.7 Å². The van der Waals surface area contributed by atoms with Gasteiger partial charge in [-0.2, -0.15) is 0 Å². The van der Waals surface area contributed by atoms with Gasteiger partial charge < -0.3 is 10.4 Å². The zero-order valence-corrected chi connectivity index (χ0v) is 10.7. The van der Waals surface area contributed by atoms with E-state index in [1.807, 2.05) is 0 Å². The molecule has 1 aromatic carbocycles. The van der Waals surface area contributed by atoms with Crippen molar-refractivity contribution in [2.24, 2.45) is 5.92 Å². The lowest BCUT2D eigenvalue weighted by atomic mass is 9.85. The number of carbonyl (C=O) groups excluding carboxylic acids is 1. The molecular formula is C12H12BrNO3. The maximum Gasteiger partial charge on any atom is 0.337 e. The number of hydrogen-bond donors (Lipinski definition) is 2. The Morgan fingerprint density at radius 2 is 2.06 bits per heavy atom. The standard InChI is InChI=1S/C12H12BrNO3/c13-9-6-2-5-8(12(16)17)10(9)14-11(15)7-3-1-4-7/h2,5-7H,1,3-4H2,(H,14,15)(H,16,17). The van der Waals surface area contributed by atoms with E-state index >= 15 is 0 Å². The minimum absolute atomic E-state index is 0.0313. The van der Waals surface area contributed by atoms with E-state index in [2.05, 4.69) is 21.2 Å². The first-order chi connectivity index (χ1) is 8.09. The molecule has 2 rings (SSSR count). The predicted molar refractivity (Wildman–Crippen MR) is 67.1 cm³/mol. The molecule has 0 spiro atoms. The molecule has 1 amide bonds. The van der Waals surface area contributed by atoms with Gasteiger partial charge in [-0.25, -0.2) is 4.79 Å². The van der Waals surface area contributed by atoms with Gasteiger partial charge in [0.15, 0.2) is 0 Å². The number of amides is 1. The van der Waals surface area contributed by atoms with Gasteiger partial charge in [0.25, 0.3) is 0 Å². The number of aromatic carboxylic acids is 1. The smallest absolute Gasteiger partial charge is 0.337 e. The molecule has 0 aromatic heterocycles. The Morgan fingerprint density at radius 3 is 2.59 bits per heavy atom. The minimum Gasteiger partial charge on any atom is -0.478 e. The molecule has 1 fully saturated rings. The highest BCUT2D eigenvalue weighted by Gasteiger charge is 2.26. The molecule has 0 saturated heterocycles. The second-order valence-corrected chi connectivity index (χ2v) is 4.94. The van der Waals surface area contributed by atoms with Crippen LogP contribution in [0.2, 0.25) is 0 Å². The number of rotatable bonds is 3. The number of carboxylic acids is 1. The molecule has 4 nitrogen and oxygen atoms in total. The Morgan fingerprint density at radius 1 is 1.35 bits per heavy atom. The van der Waals surface area contributed by atoms with Crippen LogP contribution in [0.3, 0.4) is 0 Å². The number of hydrogen-bond acceptors (Lipinski definition) is 2. The summed E-state index contributed by atoms with van der Waals surface area (Å²) in [7, 11) is 0. The Labute approximate surface area is 107 Å². The van der Waals surface area contributed by atoms with Gasteiger partial charge in [-0.15, -0.1) is 0 Å². The zero-order valence-electron chi connectivity index (χ0n) is 9.07. The number of halogens is 1. The van der Waals surface area contributed by atoms with Gasteiger partial charge in [-0.05, 0) is 40.9 Å². The second-order valence-electron chi connectivity index (χ2n) is 4.08. The number of anilines is 1. The van der Waals surface area contributed by atoms with Crippen LogP contribution in [0.1, 0.15) is 29.6 Å². The Bertz CT molecular complexity index is 469. The van der Waals surface area contributed by atoms with Gasteiger partial charge in [-0.1, -0.05) is 12.5 Å². The molecule has 90 valence electrons. The van der Waals surface area contributed by atoms with Gasteiger partial charge >= 0.3 is 5.97 Å². The van der Waals surface area contributed by atoms with Crippen LogP contribution >= 0.6 is 15.9 Å². The van der Waals surface area contributed by atoms with E-state index in [9.17, 15) is 9.59 Å². The summed E-state index contributed by atoms with van der Waals surface area (Å²) in [5.74, 6) is -1.11. The van der Waals surface area contributed by atoms with Crippen LogP contribution in [-0.4, -0.2) is 17.0 Å². The summed E-state index contributed by atoms with van der Waals surface area (Å²) in [6.45, 7) is 0. The minimum atomic E-state index is -1.05. The molecule has 2 N–H and O–H groups in total. The third kappa shape index (κ3) is 2.49. The number of benzene rings is 1. The van der Waals surface area contributed by atoms with Crippen molar-refractivity contribution in [3.8, 4) is 0 Å². The molecule has 0 unspecified atom stereocenters. The normalized spacial score (nSPS) is 15.1. The molecule has 0 atom stereocenters. The van der Waals surface area contributed by atoms with Gasteiger partial charge in [-0.3, -0.25) is 4.79 Å². The Kier molecular flexibility index (Phi) is 3.47. The van der Waals surface area contributed by atoms with Crippen LogP contribution in [0.15, 0.2) is 22.7 Å². The van der Waals surface area contributed by atoms with Gasteiger partial charge in [0.1, 0.15) is 0 Å². The van der Waals surface area contributed by atoms with Crippen LogP contribution < -0.4 is 5.32 Å². The number of nitrogens with one attached hydrogen (secondary N) is 1. The van der Waals surface area contributed by atoms with Crippen molar-refractivity contribution >= 4 is 33.5 Å². The summed E-state index contributed by atoms with van der Waals surface area (Å²) in [5, 5.41) is 11.7. The first-order valence-corrected chi connectivity index (χ1v) is 6.21. The number of carboxylic acid groups (broad SMARTS) is 1. The van der Waals surface area contributed by atoms with Crippen molar-refractivity contribution in [3.63, 3.8) is 0 Å². The van der Waals surface area contributed by atoms with Crippen molar-refractivity contribution in [3.05, 3.63) is 28.2 Å². The molecule has 1 aromatic rings. The third-order valence-corrected chi connectivity index (χ3v) is 3.63. The van der Waals surface area contributed by atoms with Gasteiger partial charge in [0, 0.05) is 10.4 Å². The van der Waals surface area contributed by atoms with E-state index < -0.39 is 5.97 Å². The van der Waals surface area contributed by atoms with E-state index in [0.29, 0.717) is 10.2 Å².